The van der Waals surface area contributed by atoms with Crippen LogP contribution < -0.4 is 5.32 Å². The minimum absolute atomic E-state index is 0.208. The van der Waals surface area contributed by atoms with E-state index < -0.39 is 11.4 Å². The van der Waals surface area contributed by atoms with Crippen molar-refractivity contribution in [1.82, 2.24) is 10.2 Å². The van der Waals surface area contributed by atoms with E-state index in [1.807, 2.05) is 11.4 Å². The molecule has 1 aromatic rings. The van der Waals surface area contributed by atoms with Gasteiger partial charge in [0, 0.05) is 28.3 Å². The molecule has 0 aliphatic heterocycles. The van der Waals surface area contributed by atoms with E-state index in [0.717, 1.165) is 22.2 Å². The van der Waals surface area contributed by atoms with Gasteiger partial charge in [0.15, 0.2) is 0 Å². The van der Waals surface area contributed by atoms with Crippen molar-refractivity contribution in [3.8, 4) is 0 Å². The minimum atomic E-state index is -0.801. The van der Waals surface area contributed by atoms with Gasteiger partial charge in [-0.2, -0.15) is 0 Å². The van der Waals surface area contributed by atoms with E-state index >= 15 is 0 Å². The first-order chi connectivity index (χ1) is 9.93. The topological polar surface area (TPSA) is 69.6 Å². The molecule has 2 rings (SSSR count). The first-order valence-corrected chi connectivity index (χ1v) is 8.55. The quantitative estimate of drug-likeness (QED) is 0.830. The van der Waals surface area contributed by atoms with Gasteiger partial charge in [-0.3, -0.25) is 4.79 Å². The Morgan fingerprint density at radius 2 is 2.14 bits per heavy atom. The standard InChI is InChI=1S/C14H19BrN2O3S/c1-17(7-11-6-10(15)8-21-11)13(20)16-9-14(12(18)19)4-2-3-5-14/h6,8H,2-5,7,9H2,1H3,(H,16,20)(H,18,19). The Morgan fingerprint density at radius 1 is 1.48 bits per heavy atom. The average Bonchev–Trinajstić information content (AvgIpc) is 3.06. The Balaban J connectivity index is 1.87. The average molecular weight is 375 g/mol. The molecule has 21 heavy (non-hydrogen) atoms. The molecule has 1 aliphatic carbocycles. The highest BCUT2D eigenvalue weighted by molar-refractivity contribution is 9.10. The highest BCUT2D eigenvalue weighted by atomic mass is 79.9. The Labute approximate surface area is 136 Å². The minimum Gasteiger partial charge on any atom is -0.481 e. The third kappa shape index (κ3) is 3.97. The molecular weight excluding hydrogens is 356 g/mol. The Bertz CT molecular complexity index is 526. The fourth-order valence-corrected chi connectivity index (χ4v) is 4.14. The zero-order chi connectivity index (χ0) is 15.5. The molecule has 0 aromatic carbocycles. The first kappa shape index (κ1) is 16.3. The molecule has 1 saturated carbocycles. The van der Waals surface area contributed by atoms with Crippen LogP contribution in [-0.4, -0.2) is 35.6 Å². The van der Waals surface area contributed by atoms with Crippen molar-refractivity contribution in [1.29, 1.82) is 0 Å². The Kier molecular flexibility index (Phi) is 5.27. The molecule has 1 aromatic heterocycles. The van der Waals surface area contributed by atoms with Crippen LogP contribution in [0, 0.1) is 5.41 Å². The summed E-state index contributed by atoms with van der Waals surface area (Å²) in [4.78, 5) is 26.2. The molecular formula is C14H19BrN2O3S. The van der Waals surface area contributed by atoms with Gasteiger partial charge in [0.2, 0.25) is 0 Å². The Morgan fingerprint density at radius 3 is 2.67 bits per heavy atom. The van der Waals surface area contributed by atoms with Crippen molar-refractivity contribution in [2.75, 3.05) is 13.6 Å². The summed E-state index contributed by atoms with van der Waals surface area (Å²) in [5, 5.41) is 14.1. The Hall–Kier alpha value is -1.08. The number of urea groups is 1. The number of rotatable bonds is 5. The molecule has 116 valence electrons. The number of hydrogen-bond donors (Lipinski definition) is 2. The van der Waals surface area contributed by atoms with Crippen molar-refractivity contribution in [2.45, 2.75) is 32.2 Å². The lowest BCUT2D eigenvalue weighted by Gasteiger charge is -2.26. The van der Waals surface area contributed by atoms with Crippen molar-refractivity contribution in [3.63, 3.8) is 0 Å². The normalized spacial score (nSPS) is 16.7. The number of thiophene rings is 1. The zero-order valence-corrected chi connectivity index (χ0v) is 14.3. The molecule has 0 unspecified atom stereocenters. The van der Waals surface area contributed by atoms with E-state index in [0.29, 0.717) is 19.4 Å². The summed E-state index contributed by atoms with van der Waals surface area (Å²) in [5.74, 6) is -0.801. The number of amides is 2. The van der Waals surface area contributed by atoms with Gasteiger partial charge in [0.1, 0.15) is 0 Å². The number of carbonyl (C=O) groups is 2. The van der Waals surface area contributed by atoms with Crippen LogP contribution >= 0.6 is 27.3 Å². The molecule has 0 bridgehead atoms. The third-order valence-corrected chi connectivity index (χ3v) is 5.64. The lowest BCUT2D eigenvalue weighted by atomic mass is 9.86. The second kappa shape index (κ2) is 6.79. The van der Waals surface area contributed by atoms with E-state index in [4.69, 9.17) is 0 Å². The summed E-state index contributed by atoms with van der Waals surface area (Å²) < 4.78 is 1.01. The maximum absolute atomic E-state index is 12.1. The molecule has 0 radical (unpaired) electrons. The largest absolute Gasteiger partial charge is 0.481 e. The van der Waals surface area contributed by atoms with Gasteiger partial charge in [-0.05, 0) is 34.8 Å². The van der Waals surface area contributed by atoms with Gasteiger partial charge in [-0.25, -0.2) is 4.79 Å². The van der Waals surface area contributed by atoms with Crippen LogP contribution in [0.1, 0.15) is 30.6 Å². The molecule has 5 nitrogen and oxygen atoms in total. The summed E-state index contributed by atoms with van der Waals surface area (Å²) >= 11 is 4.96. The van der Waals surface area contributed by atoms with Crippen molar-refractivity contribution >= 4 is 39.3 Å². The van der Waals surface area contributed by atoms with E-state index in [9.17, 15) is 14.7 Å². The van der Waals surface area contributed by atoms with E-state index in [2.05, 4.69) is 21.2 Å². The van der Waals surface area contributed by atoms with Crippen LogP contribution in [0.15, 0.2) is 15.9 Å². The van der Waals surface area contributed by atoms with Crippen LogP contribution in [0.5, 0.6) is 0 Å². The van der Waals surface area contributed by atoms with Crippen molar-refractivity contribution in [2.24, 2.45) is 5.41 Å². The number of nitrogens with one attached hydrogen (secondary N) is 1. The van der Waals surface area contributed by atoms with Gasteiger partial charge < -0.3 is 15.3 Å². The van der Waals surface area contributed by atoms with Crippen molar-refractivity contribution < 1.29 is 14.7 Å². The fourth-order valence-electron chi connectivity index (χ4n) is 2.64. The summed E-state index contributed by atoms with van der Waals surface area (Å²) in [6.45, 7) is 0.724. The van der Waals surface area contributed by atoms with Gasteiger partial charge >= 0.3 is 12.0 Å². The van der Waals surface area contributed by atoms with Crippen LogP contribution in [0.4, 0.5) is 4.79 Å². The zero-order valence-electron chi connectivity index (χ0n) is 11.9. The monoisotopic (exact) mass is 374 g/mol. The first-order valence-electron chi connectivity index (χ1n) is 6.88. The molecule has 0 saturated heterocycles. The maximum Gasteiger partial charge on any atom is 0.317 e. The van der Waals surface area contributed by atoms with Crippen LogP contribution in [0.3, 0.4) is 0 Å². The molecule has 1 fully saturated rings. The van der Waals surface area contributed by atoms with Gasteiger partial charge in [-0.1, -0.05) is 12.8 Å². The molecule has 7 heteroatoms. The van der Waals surface area contributed by atoms with Crippen LogP contribution in [-0.2, 0) is 11.3 Å². The second-order valence-electron chi connectivity index (χ2n) is 5.54. The van der Waals surface area contributed by atoms with E-state index in [1.54, 1.807) is 23.3 Å². The second-order valence-corrected chi connectivity index (χ2v) is 7.45. The number of nitrogens with zero attached hydrogens (tertiary/aromatic N) is 1. The number of hydrogen-bond acceptors (Lipinski definition) is 3. The van der Waals surface area contributed by atoms with Crippen LogP contribution in [0.25, 0.3) is 0 Å². The lowest BCUT2D eigenvalue weighted by molar-refractivity contribution is -0.148. The highest BCUT2D eigenvalue weighted by Crippen LogP contribution is 2.37. The highest BCUT2D eigenvalue weighted by Gasteiger charge is 2.41. The lowest BCUT2D eigenvalue weighted by Crippen LogP contribution is -2.45. The number of carboxylic acids is 1. The van der Waals surface area contributed by atoms with E-state index in [1.165, 1.54) is 0 Å². The predicted octanol–water partition coefficient (Wildman–Crippen LogP) is 3.30. The predicted molar refractivity (Wildman–Crippen MR) is 85.4 cm³/mol. The van der Waals surface area contributed by atoms with E-state index in [-0.39, 0.29) is 12.6 Å². The smallest absolute Gasteiger partial charge is 0.317 e. The number of carbonyl (C=O) groups excluding carboxylic acids is 1. The number of aliphatic carboxylic acids is 1. The maximum atomic E-state index is 12.1. The third-order valence-electron chi connectivity index (χ3n) is 3.95. The van der Waals surface area contributed by atoms with Gasteiger partial charge in [0.05, 0.1) is 12.0 Å². The van der Waals surface area contributed by atoms with Crippen molar-refractivity contribution in [3.05, 3.63) is 20.8 Å². The summed E-state index contributed by atoms with van der Waals surface area (Å²) in [6.07, 6.45) is 3.12. The summed E-state index contributed by atoms with van der Waals surface area (Å²) in [6, 6.07) is 1.75. The molecule has 2 amide bonds. The molecule has 1 heterocycles. The van der Waals surface area contributed by atoms with Gasteiger partial charge in [0.25, 0.3) is 0 Å². The molecule has 0 atom stereocenters. The number of carboxylic acid groups (broad SMARTS) is 1. The number of halogens is 1. The molecule has 0 spiro atoms. The summed E-state index contributed by atoms with van der Waals surface area (Å²) in [5.41, 5.74) is -0.775. The fraction of sp³-hybridized carbons (Fsp3) is 0.571. The molecule has 1 aliphatic rings. The van der Waals surface area contributed by atoms with Crippen LogP contribution in [0.2, 0.25) is 0 Å². The van der Waals surface area contributed by atoms with Gasteiger partial charge in [-0.15, -0.1) is 11.3 Å². The summed E-state index contributed by atoms with van der Waals surface area (Å²) in [7, 11) is 1.71. The molecule has 2 N–H and O–H groups in total. The SMILES string of the molecule is CN(Cc1cc(Br)cs1)C(=O)NCC1(C(=O)O)CCCC1.